The zero-order valence-corrected chi connectivity index (χ0v) is 9.65. The van der Waals surface area contributed by atoms with Crippen LogP contribution in [0.1, 0.15) is 20.3 Å². The highest BCUT2D eigenvalue weighted by Gasteiger charge is 2.26. The van der Waals surface area contributed by atoms with Crippen molar-refractivity contribution >= 4 is 17.6 Å². The molecule has 0 saturated carbocycles. The van der Waals surface area contributed by atoms with Crippen LogP contribution in [-0.2, 0) is 9.59 Å². The van der Waals surface area contributed by atoms with Crippen molar-refractivity contribution in [2.75, 3.05) is 5.32 Å². The summed E-state index contributed by atoms with van der Waals surface area (Å²) in [6, 6.07) is 4.85. The zero-order chi connectivity index (χ0) is 12.4. The lowest BCUT2D eigenvalue weighted by molar-refractivity contribution is -0.132. The van der Waals surface area contributed by atoms with Gasteiger partial charge in [0, 0.05) is 13.0 Å². The number of hydrogen-bond acceptors (Lipinski definition) is 4. The quantitative estimate of drug-likeness (QED) is 0.626. The van der Waals surface area contributed by atoms with Crippen LogP contribution in [0.2, 0.25) is 0 Å². The molecule has 1 atom stereocenters. The number of carbonyl (C=O) groups excluding carboxylic acids is 2. The maximum absolute atomic E-state index is 11.5. The second kappa shape index (κ2) is 4.45. The van der Waals surface area contributed by atoms with E-state index >= 15 is 0 Å². The molecule has 1 amide bonds. The van der Waals surface area contributed by atoms with E-state index in [1.54, 1.807) is 18.2 Å². The van der Waals surface area contributed by atoms with Gasteiger partial charge in [-0.15, -0.1) is 0 Å². The minimum atomic E-state index is -0.491. The number of amides is 1. The van der Waals surface area contributed by atoms with E-state index in [1.165, 1.54) is 6.92 Å². The number of benzene rings is 1. The van der Waals surface area contributed by atoms with Gasteiger partial charge in [-0.1, -0.05) is 6.92 Å². The van der Waals surface area contributed by atoms with E-state index in [1.807, 2.05) is 6.92 Å². The number of hydrogen-bond donors (Lipinski definition) is 1. The summed E-state index contributed by atoms with van der Waals surface area (Å²) < 4.78 is 10.5. The average molecular weight is 235 g/mol. The molecule has 0 fully saturated rings. The molecule has 1 aliphatic heterocycles. The smallest absolute Gasteiger partial charge is 0.308 e. The first-order chi connectivity index (χ1) is 8.10. The van der Waals surface area contributed by atoms with E-state index in [2.05, 4.69) is 5.32 Å². The third kappa shape index (κ3) is 2.38. The second-order valence-corrected chi connectivity index (χ2v) is 3.76. The van der Waals surface area contributed by atoms with Gasteiger partial charge in [0.1, 0.15) is 11.5 Å². The molecular weight excluding hydrogens is 222 g/mol. The highest BCUT2D eigenvalue weighted by atomic mass is 16.5. The van der Waals surface area contributed by atoms with Gasteiger partial charge in [-0.05, 0) is 18.6 Å². The van der Waals surface area contributed by atoms with Crippen LogP contribution < -0.4 is 14.8 Å². The SMILES string of the molecule is CC[C@H]1Oc2cc(OC(C)=O)ccc2NC1=O. The molecule has 0 spiro atoms. The van der Waals surface area contributed by atoms with Crippen LogP contribution in [0.15, 0.2) is 18.2 Å². The number of carbonyl (C=O) groups is 2. The van der Waals surface area contributed by atoms with Crippen LogP contribution >= 0.6 is 0 Å². The molecule has 1 aromatic carbocycles. The monoisotopic (exact) mass is 235 g/mol. The highest BCUT2D eigenvalue weighted by molar-refractivity contribution is 5.97. The fourth-order valence-electron chi connectivity index (χ4n) is 1.62. The van der Waals surface area contributed by atoms with Gasteiger partial charge in [-0.2, -0.15) is 0 Å². The number of nitrogens with one attached hydrogen (secondary N) is 1. The summed E-state index contributed by atoms with van der Waals surface area (Å²) in [5.74, 6) is 0.384. The van der Waals surface area contributed by atoms with Gasteiger partial charge >= 0.3 is 5.97 Å². The molecule has 1 aromatic rings. The molecule has 0 saturated heterocycles. The van der Waals surface area contributed by atoms with Crippen LogP contribution in [0.3, 0.4) is 0 Å². The number of fused-ring (bicyclic) bond motifs is 1. The molecule has 5 nitrogen and oxygen atoms in total. The molecule has 90 valence electrons. The third-order valence-electron chi connectivity index (χ3n) is 2.40. The first-order valence-corrected chi connectivity index (χ1v) is 5.40. The van der Waals surface area contributed by atoms with E-state index in [0.717, 1.165) is 0 Å². The van der Waals surface area contributed by atoms with Crippen molar-refractivity contribution in [3.8, 4) is 11.5 Å². The maximum Gasteiger partial charge on any atom is 0.308 e. The number of anilines is 1. The average Bonchev–Trinajstić information content (AvgIpc) is 2.28. The highest BCUT2D eigenvalue weighted by Crippen LogP contribution is 2.33. The predicted molar refractivity (Wildman–Crippen MR) is 61.1 cm³/mol. The zero-order valence-electron chi connectivity index (χ0n) is 9.65. The summed E-state index contributed by atoms with van der Waals surface area (Å²) in [4.78, 5) is 22.4. The third-order valence-corrected chi connectivity index (χ3v) is 2.40. The van der Waals surface area contributed by atoms with Gasteiger partial charge in [0.25, 0.3) is 5.91 Å². The maximum atomic E-state index is 11.5. The van der Waals surface area contributed by atoms with Gasteiger partial charge in [0.05, 0.1) is 5.69 Å². The Balaban J connectivity index is 2.27. The van der Waals surface area contributed by atoms with Gasteiger partial charge in [-0.3, -0.25) is 9.59 Å². The summed E-state index contributed by atoms with van der Waals surface area (Å²) in [6.45, 7) is 3.20. The van der Waals surface area contributed by atoms with E-state index in [9.17, 15) is 9.59 Å². The van der Waals surface area contributed by atoms with E-state index in [4.69, 9.17) is 9.47 Å². The molecule has 1 heterocycles. The largest absolute Gasteiger partial charge is 0.478 e. The van der Waals surface area contributed by atoms with Crippen molar-refractivity contribution in [3.63, 3.8) is 0 Å². The lowest BCUT2D eigenvalue weighted by Crippen LogP contribution is -2.36. The number of ether oxygens (including phenoxy) is 2. The van der Waals surface area contributed by atoms with Crippen molar-refractivity contribution in [1.82, 2.24) is 0 Å². The molecule has 5 heteroatoms. The van der Waals surface area contributed by atoms with Crippen molar-refractivity contribution in [2.24, 2.45) is 0 Å². The van der Waals surface area contributed by atoms with Crippen LogP contribution in [0.5, 0.6) is 11.5 Å². The summed E-state index contributed by atoms with van der Waals surface area (Å²) >= 11 is 0. The summed E-state index contributed by atoms with van der Waals surface area (Å²) in [6.07, 6.45) is 0.0957. The molecule has 2 rings (SSSR count). The van der Waals surface area contributed by atoms with Crippen molar-refractivity contribution in [3.05, 3.63) is 18.2 Å². The molecule has 1 N–H and O–H groups in total. The first kappa shape index (κ1) is 11.4. The first-order valence-electron chi connectivity index (χ1n) is 5.40. The summed E-state index contributed by atoms with van der Waals surface area (Å²) in [5, 5.41) is 2.74. The van der Waals surface area contributed by atoms with Gasteiger partial charge in [0.2, 0.25) is 0 Å². The Morgan fingerprint density at radius 3 is 2.94 bits per heavy atom. The molecule has 1 aliphatic rings. The van der Waals surface area contributed by atoms with E-state index < -0.39 is 12.1 Å². The fraction of sp³-hybridized carbons (Fsp3) is 0.333. The summed E-state index contributed by atoms with van der Waals surface area (Å²) in [7, 11) is 0. The van der Waals surface area contributed by atoms with Gasteiger partial charge in [-0.25, -0.2) is 0 Å². The minimum Gasteiger partial charge on any atom is -0.478 e. The summed E-state index contributed by atoms with van der Waals surface area (Å²) in [5.41, 5.74) is 0.593. The lowest BCUT2D eigenvalue weighted by Gasteiger charge is -2.25. The topological polar surface area (TPSA) is 64.6 Å². The Morgan fingerprint density at radius 2 is 2.29 bits per heavy atom. The van der Waals surface area contributed by atoms with E-state index in [0.29, 0.717) is 23.6 Å². The number of rotatable bonds is 2. The molecule has 17 heavy (non-hydrogen) atoms. The minimum absolute atomic E-state index is 0.153. The second-order valence-electron chi connectivity index (χ2n) is 3.76. The Kier molecular flexibility index (Phi) is 2.99. The van der Waals surface area contributed by atoms with Gasteiger partial charge in [0.15, 0.2) is 6.10 Å². The Hall–Kier alpha value is -2.04. The normalized spacial score (nSPS) is 17.8. The molecule has 0 bridgehead atoms. The Bertz CT molecular complexity index is 470. The number of esters is 1. The van der Waals surface area contributed by atoms with Crippen molar-refractivity contribution in [2.45, 2.75) is 26.4 Å². The van der Waals surface area contributed by atoms with Crippen LogP contribution in [0.25, 0.3) is 0 Å². The standard InChI is InChI=1S/C12H13NO4/c1-3-10-12(15)13-9-5-4-8(16-7(2)14)6-11(9)17-10/h4-6,10H,3H2,1-2H3,(H,13,15)/t10-/m1/s1. The van der Waals surface area contributed by atoms with Gasteiger partial charge < -0.3 is 14.8 Å². The Labute approximate surface area is 98.7 Å². The molecule has 0 aromatic heterocycles. The fourth-order valence-corrected chi connectivity index (χ4v) is 1.62. The van der Waals surface area contributed by atoms with Crippen molar-refractivity contribution < 1.29 is 19.1 Å². The molecule has 0 radical (unpaired) electrons. The predicted octanol–water partition coefficient (Wildman–Crippen LogP) is 1.72. The van der Waals surface area contributed by atoms with Crippen molar-refractivity contribution in [1.29, 1.82) is 0 Å². The lowest BCUT2D eigenvalue weighted by atomic mass is 10.2. The van der Waals surface area contributed by atoms with Crippen LogP contribution in [0, 0.1) is 0 Å². The molecular formula is C12H13NO4. The molecule has 0 unspecified atom stereocenters. The Morgan fingerprint density at radius 1 is 1.53 bits per heavy atom. The van der Waals surface area contributed by atoms with Crippen LogP contribution in [-0.4, -0.2) is 18.0 Å². The van der Waals surface area contributed by atoms with Crippen LogP contribution in [0.4, 0.5) is 5.69 Å². The molecule has 0 aliphatic carbocycles. The van der Waals surface area contributed by atoms with E-state index in [-0.39, 0.29) is 5.91 Å².